The lowest BCUT2D eigenvalue weighted by atomic mass is 9.87. The molecule has 0 aromatic carbocycles. The second-order valence-electron chi connectivity index (χ2n) is 8.17. The van der Waals surface area contributed by atoms with Gasteiger partial charge in [-0.1, -0.05) is 19.3 Å². The zero-order valence-corrected chi connectivity index (χ0v) is 16.0. The van der Waals surface area contributed by atoms with Crippen LogP contribution in [0.1, 0.15) is 75.4 Å². The summed E-state index contributed by atoms with van der Waals surface area (Å²) in [5, 5.41) is 22.0. The lowest BCUT2D eigenvalue weighted by Gasteiger charge is -2.25. The maximum absolute atomic E-state index is 9.72. The van der Waals surface area contributed by atoms with Gasteiger partial charge in [-0.2, -0.15) is 10.2 Å². The number of aromatic nitrogens is 6. The molecule has 8 nitrogen and oxygen atoms in total. The first kappa shape index (κ1) is 17.6. The second kappa shape index (κ2) is 7.50. The summed E-state index contributed by atoms with van der Waals surface area (Å²) in [6, 6.07) is 0.355. The summed E-state index contributed by atoms with van der Waals surface area (Å²) < 4.78 is 3.84. The van der Waals surface area contributed by atoms with Crippen LogP contribution in [-0.2, 0) is 0 Å². The fourth-order valence-electron chi connectivity index (χ4n) is 4.59. The van der Waals surface area contributed by atoms with Crippen molar-refractivity contribution in [1.29, 1.82) is 0 Å². The Labute approximate surface area is 164 Å². The van der Waals surface area contributed by atoms with Crippen molar-refractivity contribution in [2.75, 3.05) is 5.32 Å². The summed E-state index contributed by atoms with van der Waals surface area (Å²) in [5.41, 5.74) is 2.73. The minimum atomic E-state index is -0.155. The summed E-state index contributed by atoms with van der Waals surface area (Å²) in [6.45, 7) is 0. The molecule has 148 valence electrons. The van der Waals surface area contributed by atoms with E-state index in [1.165, 1.54) is 32.1 Å². The van der Waals surface area contributed by atoms with Crippen LogP contribution < -0.4 is 5.32 Å². The van der Waals surface area contributed by atoms with Gasteiger partial charge in [0.05, 0.1) is 35.9 Å². The Hall–Kier alpha value is -2.48. The highest BCUT2D eigenvalue weighted by molar-refractivity contribution is 5.68. The molecular formula is C20H27N7O. The third-order valence-electron chi connectivity index (χ3n) is 6.21. The van der Waals surface area contributed by atoms with E-state index in [2.05, 4.69) is 20.5 Å². The molecule has 3 aromatic rings. The highest BCUT2D eigenvalue weighted by Crippen LogP contribution is 2.33. The van der Waals surface area contributed by atoms with E-state index in [0.29, 0.717) is 12.0 Å². The van der Waals surface area contributed by atoms with E-state index in [1.54, 1.807) is 6.33 Å². The summed E-state index contributed by atoms with van der Waals surface area (Å²) in [7, 11) is 0. The molecule has 0 atom stereocenters. The first-order valence-electron chi connectivity index (χ1n) is 10.5. The average molecular weight is 381 g/mol. The van der Waals surface area contributed by atoms with Crippen LogP contribution >= 0.6 is 0 Å². The summed E-state index contributed by atoms with van der Waals surface area (Å²) >= 11 is 0. The van der Waals surface area contributed by atoms with Crippen molar-refractivity contribution in [3.8, 4) is 0 Å². The van der Waals surface area contributed by atoms with Gasteiger partial charge in [0.15, 0.2) is 11.5 Å². The summed E-state index contributed by atoms with van der Waals surface area (Å²) in [4.78, 5) is 9.30. The minimum absolute atomic E-state index is 0.155. The molecule has 2 fully saturated rings. The van der Waals surface area contributed by atoms with Gasteiger partial charge in [-0.05, 0) is 38.5 Å². The lowest BCUT2D eigenvalue weighted by Crippen LogP contribution is -2.21. The van der Waals surface area contributed by atoms with Crippen LogP contribution in [0.25, 0.3) is 5.65 Å². The van der Waals surface area contributed by atoms with E-state index in [9.17, 15) is 5.11 Å². The maximum atomic E-state index is 9.72. The summed E-state index contributed by atoms with van der Waals surface area (Å²) in [6.07, 6.45) is 17.2. The number of hydrogen-bond donors (Lipinski definition) is 2. The van der Waals surface area contributed by atoms with Crippen LogP contribution in [-0.4, -0.2) is 40.6 Å². The molecule has 0 radical (unpaired) electrons. The van der Waals surface area contributed by atoms with E-state index in [0.717, 1.165) is 48.5 Å². The number of fused-ring (bicyclic) bond motifs is 1. The monoisotopic (exact) mass is 381 g/mol. The van der Waals surface area contributed by atoms with Crippen molar-refractivity contribution >= 4 is 17.2 Å². The van der Waals surface area contributed by atoms with Gasteiger partial charge in [0.2, 0.25) is 0 Å². The van der Waals surface area contributed by atoms with Gasteiger partial charge in [0, 0.05) is 12.1 Å². The second-order valence-corrected chi connectivity index (χ2v) is 8.17. The van der Waals surface area contributed by atoms with Gasteiger partial charge >= 0.3 is 0 Å². The van der Waals surface area contributed by atoms with Crippen LogP contribution in [0.15, 0.2) is 24.9 Å². The van der Waals surface area contributed by atoms with E-state index in [1.807, 2.05) is 27.8 Å². The van der Waals surface area contributed by atoms with Crippen LogP contribution in [0.4, 0.5) is 11.5 Å². The normalized spacial score (nSPS) is 23.9. The van der Waals surface area contributed by atoms with Crippen LogP contribution in [0.5, 0.6) is 0 Å². The first-order chi connectivity index (χ1) is 13.8. The number of hydrogen-bond acceptors (Lipinski definition) is 6. The van der Waals surface area contributed by atoms with Crippen molar-refractivity contribution in [1.82, 2.24) is 29.4 Å². The quantitative estimate of drug-likeness (QED) is 0.717. The molecule has 0 spiro atoms. The van der Waals surface area contributed by atoms with Crippen molar-refractivity contribution in [2.45, 2.75) is 75.9 Å². The van der Waals surface area contributed by atoms with E-state index >= 15 is 0 Å². The Morgan fingerprint density at radius 1 is 0.964 bits per heavy atom. The highest BCUT2D eigenvalue weighted by atomic mass is 16.3. The Kier molecular flexibility index (Phi) is 4.72. The molecule has 0 saturated heterocycles. The number of nitrogens with one attached hydrogen (secondary N) is 1. The molecule has 3 heterocycles. The van der Waals surface area contributed by atoms with E-state index in [-0.39, 0.29) is 6.10 Å². The standard InChI is InChI=1S/C20H27N7O/c28-17-8-6-16(7-9-17)26-11-15(10-22-26)24-19-20-21-13-23-27(20)12-18(25-19)14-4-2-1-3-5-14/h10-14,16-17,28H,1-9H2,(H,24,25)/t16-,17+. The third kappa shape index (κ3) is 3.48. The number of aliphatic hydroxyl groups excluding tert-OH is 1. The van der Waals surface area contributed by atoms with E-state index < -0.39 is 0 Å². The van der Waals surface area contributed by atoms with Gasteiger partial charge in [0.25, 0.3) is 0 Å². The minimum Gasteiger partial charge on any atom is -0.393 e. The molecule has 8 heteroatoms. The fraction of sp³-hybridized carbons (Fsp3) is 0.600. The third-order valence-corrected chi connectivity index (χ3v) is 6.21. The molecule has 2 aliphatic rings. The molecule has 0 bridgehead atoms. The van der Waals surface area contributed by atoms with Crippen LogP contribution in [0.3, 0.4) is 0 Å². The Balaban J connectivity index is 1.39. The molecule has 0 unspecified atom stereocenters. The number of rotatable bonds is 4. The van der Waals surface area contributed by atoms with Gasteiger partial charge in [-0.3, -0.25) is 4.68 Å². The molecule has 0 aliphatic heterocycles. The predicted molar refractivity (Wildman–Crippen MR) is 106 cm³/mol. The Morgan fingerprint density at radius 3 is 2.61 bits per heavy atom. The number of aliphatic hydroxyl groups is 1. The Morgan fingerprint density at radius 2 is 1.79 bits per heavy atom. The predicted octanol–water partition coefficient (Wildman–Crippen LogP) is 3.59. The first-order valence-corrected chi connectivity index (χ1v) is 10.5. The van der Waals surface area contributed by atoms with Gasteiger partial charge in [-0.15, -0.1) is 0 Å². The van der Waals surface area contributed by atoms with Crippen molar-refractivity contribution in [2.24, 2.45) is 0 Å². The number of nitrogens with zero attached hydrogens (tertiary/aromatic N) is 6. The maximum Gasteiger partial charge on any atom is 0.198 e. The van der Waals surface area contributed by atoms with Crippen molar-refractivity contribution in [3.63, 3.8) is 0 Å². The molecular weight excluding hydrogens is 354 g/mol. The molecule has 0 amide bonds. The molecule has 2 saturated carbocycles. The largest absolute Gasteiger partial charge is 0.393 e. The fourth-order valence-corrected chi connectivity index (χ4v) is 4.59. The van der Waals surface area contributed by atoms with Crippen LogP contribution in [0.2, 0.25) is 0 Å². The highest BCUT2D eigenvalue weighted by Gasteiger charge is 2.22. The van der Waals surface area contributed by atoms with Gasteiger partial charge < -0.3 is 10.4 Å². The molecule has 2 N–H and O–H groups in total. The van der Waals surface area contributed by atoms with Crippen LogP contribution in [0, 0.1) is 0 Å². The topological polar surface area (TPSA) is 93.2 Å². The number of anilines is 2. The zero-order chi connectivity index (χ0) is 18.9. The van der Waals surface area contributed by atoms with Gasteiger partial charge in [0.1, 0.15) is 6.33 Å². The van der Waals surface area contributed by atoms with E-state index in [4.69, 9.17) is 4.98 Å². The Bertz CT molecular complexity index is 935. The SMILES string of the molecule is O[C@H]1CC[C@@H](n2cc(Nc3nc(C4CCCCC4)cn4ncnc34)cn2)CC1. The van der Waals surface area contributed by atoms with Gasteiger partial charge in [-0.25, -0.2) is 14.5 Å². The lowest BCUT2D eigenvalue weighted by molar-refractivity contribution is 0.108. The molecule has 2 aliphatic carbocycles. The smallest absolute Gasteiger partial charge is 0.198 e. The summed E-state index contributed by atoms with van der Waals surface area (Å²) in [5.74, 6) is 1.23. The molecule has 3 aromatic heterocycles. The van der Waals surface area contributed by atoms with Crippen molar-refractivity contribution < 1.29 is 5.11 Å². The molecule has 5 rings (SSSR count). The average Bonchev–Trinajstić information content (AvgIpc) is 3.39. The van der Waals surface area contributed by atoms with Crippen molar-refractivity contribution in [3.05, 3.63) is 30.6 Å². The molecule has 28 heavy (non-hydrogen) atoms. The zero-order valence-electron chi connectivity index (χ0n) is 16.0.